The number of rotatable bonds is 5. The first-order valence-electron chi connectivity index (χ1n) is 5.32. The molecule has 1 aromatic carbocycles. The number of carbonyl (C=O) groups excluding carboxylic acids is 3. The SMILES string of the molecule is CCOC(=O)C(=O)[C-](C)C(=O)c1ccc(Cl)cc1.[Li+]. The van der Waals surface area contributed by atoms with Crippen molar-refractivity contribution >= 4 is 29.1 Å². The molecule has 0 aliphatic heterocycles. The maximum atomic E-state index is 11.9. The molecule has 0 unspecified atom stereocenters. The summed E-state index contributed by atoms with van der Waals surface area (Å²) in [6.45, 7) is 2.98. The summed E-state index contributed by atoms with van der Waals surface area (Å²) < 4.78 is 4.55. The van der Waals surface area contributed by atoms with Crippen LogP contribution in [0.25, 0.3) is 0 Å². The van der Waals surface area contributed by atoms with Gasteiger partial charge in [0.1, 0.15) is 0 Å². The van der Waals surface area contributed by atoms with Crippen LogP contribution in [0.4, 0.5) is 0 Å². The standard InChI is InChI=1S/C13H12ClO4.Li/c1-3-18-13(17)12(16)8(2)11(15)9-4-6-10(14)7-5-9;/h4-7H,3H2,1-2H3;/q-1;+1. The summed E-state index contributed by atoms with van der Waals surface area (Å²) in [5.41, 5.74) is 0.301. The predicted molar refractivity (Wildman–Crippen MR) is 66.3 cm³/mol. The number of carbonyl (C=O) groups is 3. The quantitative estimate of drug-likeness (QED) is 0.177. The van der Waals surface area contributed by atoms with Gasteiger partial charge in [0, 0.05) is 5.02 Å². The predicted octanol–water partition coefficient (Wildman–Crippen LogP) is -0.747. The average Bonchev–Trinajstić information content (AvgIpc) is 2.37. The van der Waals surface area contributed by atoms with Crippen LogP contribution in [-0.4, -0.2) is 24.1 Å². The minimum atomic E-state index is -1.02. The minimum absolute atomic E-state index is 0. The van der Waals surface area contributed by atoms with Crippen LogP contribution in [0.2, 0.25) is 5.02 Å². The topological polar surface area (TPSA) is 60.4 Å². The van der Waals surface area contributed by atoms with Crippen LogP contribution in [0.5, 0.6) is 0 Å². The molecule has 0 aromatic heterocycles. The molecule has 0 saturated carbocycles. The van der Waals surface area contributed by atoms with E-state index in [2.05, 4.69) is 4.74 Å². The molecule has 0 atom stereocenters. The molecule has 0 aliphatic rings. The Bertz CT molecular complexity index is 470. The second-order valence-corrected chi connectivity index (χ2v) is 3.95. The van der Waals surface area contributed by atoms with Gasteiger partial charge in [0.2, 0.25) is 0 Å². The fourth-order valence-electron chi connectivity index (χ4n) is 1.27. The van der Waals surface area contributed by atoms with Crippen molar-refractivity contribution in [1.29, 1.82) is 0 Å². The van der Waals surface area contributed by atoms with Crippen LogP contribution in [0.15, 0.2) is 24.3 Å². The third kappa shape index (κ3) is 4.75. The second kappa shape index (κ2) is 8.06. The van der Waals surface area contributed by atoms with E-state index in [4.69, 9.17) is 11.6 Å². The van der Waals surface area contributed by atoms with Gasteiger partial charge in [0.25, 0.3) is 5.97 Å². The van der Waals surface area contributed by atoms with Gasteiger partial charge >= 0.3 is 18.9 Å². The summed E-state index contributed by atoms with van der Waals surface area (Å²) in [5.74, 6) is -2.62. The number of Topliss-reactive ketones (excluding diaryl/α,β-unsaturated/α-hetero) is 2. The molecule has 1 aromatic rings. The largest absolute Gasteiger partial charge is 1.00 e. The van der Waals surface area contributed by atoms with Gasteiger partial charge in [-0.3, -0.25) is 0 Å². The van der Waals surface area contributed by atoms with Gasteiger partial charge in [0.15, 0.2) is 5.78 Å². The van der Waals surface area contributed by atoms with E-state index in [1.807, 2.05) is 0 Å². The molecule has 0 bridgehead atoms. The number of ether oxygens (including phenoxy) is 1. The molecular weight excluding hydrogens is 263 g/mol. The molecule has 0 saturated heterocycles. The van der Waals surface area contributed by atoms with Crippen molar-refractivity contribution in [3.8, 4) is 0 Å². The fourth-order valence-corrected chi connectivity index (χ4v) is 1.40. The van der Waals surface area contributed by atoms with Gasteiger partial charge in [0.05, 0.1) is 12.4 Å². The molecule has 6 heteroatoms. The number of esters is 1. The van der Waals surface area contributed by atoms with Gasteiger partial charge in [-0.2, -0.15) is 0 Å². The van der Waals surface area contributed by atoms with Gasteiger partial charge in [-0.05, 0) is 6.92 Å². The summed E-state index contributed by atoms with van der Waals surface area (Å²) in [5, 5.41) is 0.487. The Hall–Kier alpha value is -1.21. The van der Waals surface area contributed by atoms with Gasteiger partial charge in [-0.1, -0.05) is 42.1 Å². The van der Waals surface area contributed by atoms with Crippen LogP contribution < -0.4 is 18.9 Å². The molecule has 0 amide bonds. The minimum Gasteiger partial charge on any atom is -0.517 e. The number of halogens is 1. The Balaban J connectivity index is 0.00000324. The van der Waals surface area contributed by atoms with E-state index < -0.39 is 17.5 Å². The summed E-state index contributed by atoms with van der Waals surface area (Å²) in [7, 11) is 0. The third-order valence-electron chi connectivity index (χ3n) is 2.25. The van der Waals surface area contributed by atoms with Crippen molar-refractivity contribution in [3.05, 3.63) is 40.8 Å². The fraction of sp³-hybridized carbons (Fsp3) is 0.231. The summed E-state index contributed by atoms with van der Waals surface area (Å²) in [6, 6.07) is 6.06. The third-order valence-corrected chi connectivity index (χ3v) is 2.50. The zero-order valence-corrected chi connectivity index (χ0v) is 11.8. The number of benzene rings is 1. The van der Waals surface area contributed by atoms with Crippen LogP contribution in [0.3, 0.4) is 0 Å². The zero-order valence-electron chi connectivity index (χ0n) is 11.0. The van der Waals surface area contributed by atoms with Crippen molar-refractivity contribution in [2.24, 2.45) is 0 Å². The second-order valence-electron chi connectivity index (χ2n) is 3.51. The van der Waals surface area contributed by atoms with Crippen LogP contribution in [0.1, 0.15) is 24.2 Å². The molecule has 0 N–H and O–H groups in total. The van der Waals surface area contributed by atoms with Gasteiger partial charge < -0.3 is 19.1 Å². The first-order valence-corrected chi connectivity index (χ1v) is 5.70. The van der Waals surface area contributed by atoms with E-state index in [-0.39, 0.29) is 31.4 Å². The Morgan fingerprint density at radius 3 is 2.21 bits per heavy atom. The Morgan fingerprint density at radius 1 is 1.21 bits per heavy atom. The smallest absolute Gasteiger partial charge is 0.517 e. The molecule has 1 rings (SSSR count). The van der Waals surface area contributed by atoms with E-state index in [0.29, 0.717) is 10.6 Å². The summed E-state index contributed by atoms with van der Waals surface area (Å²) in [6.07, 6.45) is 0. The van der Waals surface area contributed by atoms with Crippen LogP contribution in [0, 0.1) is 5.92 Å². The van der Waals surface area contributed by atoms with Crippen LogP contribution in [-0.2, 0) is 14.3 Å². The van der Waals surface area contributed by atoms with E-state index in [0.717, 1.165) is 0 Å². The Labute approximate surface area is 128 Å². The molecule has 19 heavy (non-hydrogen) atoms. The molecular formula is C13H12ClLiO4. The monoisotopic (exact) mass is 274 g/mol. The molecule has 0 radical (unpaired) electrons. The van der Waals surface area contributed by atoms with Crippen LogP contribution >= 0.6 is 11.6 Å². The first kappa shape index (κ1) is 17.8. The Morgan fingerprint density at radius 2 is 1.74 bits per heavy atom. The molecule has 0 heterocycles. The zero-order chi connectivity index (χ0) is 13.7. The summed E-state index contributed by atoms with van der Waals surface area (Å²) >= 11 is 5.69. The average molecular weight is 275 g/mol. The van der Waals surface area contributed by atoms with Crippen molar-refractivity contribution in [3.63, 3.8) is 0 Å². The van der Waals surface area contributed by atoms with Crippen molar-refractivity contribution < 1.29 is 38.0 Å². The number of ketones is 2. The van der Waals surface area contributed by atoms with Crippen molar-refractivity contribution in [2.75, 3.05) is 6.61 Å². The molecule has 96 valence electrons. The van der Waals surface area contributed by atoms with E-state index in [9.17, 15) is 14.4 Å². The van der Waals surface area contributed by atoms with Gasteiger partial charge in [-0.25, -0.2) is 0 Å². The number of hydrogen-bond acceptors (Lipinski definition) is 4. The number of hydrogen-bond donors (Lipinski definition) is 0. The molecule has 0 fully saturated rings. The first-order chi connectivity index (χ1) is 8.47. The normalized spacial score (nSPS) is 9.21. The Kier molecular flexibility index (Phi) is 7.54. The maximum Gasteiger partial charge on any atom is 1.00 e. The van der Waals surface area contributed by atoms with E-state index in [1.165, 1.54) is 31.2 Å². The van der Waals surface area contributed by atoms with E-state index >= 15 is 0 Å². The van der Waals surface area contributed by atoms with Crippen molar-refractivity contribution in [1.82, 2.24) is 0 Å². The molecule has 4 nitrogen and oxygen atoms in total. The molecule has 0 spiro atoms. The van der Waals surface area contributed by atoms with Crippen molar-refractivity contribution in [2.45, 2.75) is 13.8 Å². The van der Waals surface area contributed by atoms with E-state index in [1.54, 1.807) is 6.92 Å². The summed E-state index contributed by atoms with van der Waals surface area (Å²) in [4.78, 5) is 34.7. The maximum absolute atomic E-state index is 11.9. The van der Waals surface area contributed by atoms with Gasteiger partial charge in [-0.15, -0.1) is 12.1 Å². The molecule has 0 aliphatic carbocycles.